The molecule has 0 bridgehead atoms. The quantitative estimate of drug-likeness (QED) is 0.441. The van der Waals surface area contributed by atoms with Crippen LogP contribution in [0, 0.1) is 0 Å². The number of nitrogens with zero attached hydrogens (tertiary/aromatic N) is 4. The number of piperidine rings is 1. The first-order valence-electron chi connectivity index (χ1n) is 10.9. The summed E-state index contributed by atoms with van der Waals surface area (Å²) >= 11 is 0. The van der Waals surface area contributed by atoms with Crippen LogP contribution in [0.2, 0.25) is 0 Å². The molecule has 1 aromatic carbocycles. The van der Waals surface area contributed by atoms with E-state index in [1.54, 1.807) is 0 Å². The monoisotopic (exact) mass is 404 g/mol. The maximum Gasteiger partial charge on any atom is 0.191 e. The van der Waals surface area contributed by atoms with Gasteiger partial charge in [-0.1, -0.05) is 30.4 Å². The molecule has 6 nitrogen and oxygen atoms in total. The number of rotatable bonds is 6. The smallest absolute Gasteiger partial charge is 0.191 e. The predicted molar refractivity (Wildman–Crippen MR) is 124 cm³/mol. The zero-order chi connectivity index (χ0) is 20.6. The molecule has 0 radical (unpaired) electrons. The lowest BCUT2D eigenvalue weighted by molar-refractivity contribution is 0.196. The first-order valence-corrected chi connectivity index (χ1v) is 10.9. The van der Waals surface area contributed by atoms with Crippen LogP contribution < -0.4 is 15.5 Å². The van der Waals surface area contributed by atoms with Gasteiger partial charge in [0.25, 0.3) is 0 Å². The Labute approximate surface area is 179 Å². The van der Waals surface area contributed by atoms with E-state index in [0.717, 1.165) is 63.8 Å². The fraction of sp³-hybridized carbons (Fsp3) is 0.417. The number of pyridine rings is 1. The highest BCUT2D eigenvalue weighted by atomic mass is 15.2. The highest BCUT2D eigenvalue weighted by Crippen LogP contribution is 2.18. The molecule has 1 saturated heterocycles. The lowest BCUT2D eigenvalue weighted by Gasteiger charge is -2.32. The van der Waals surface area contributed by atoms with E-state index in [0.29, 0.717) is 6.04 Å². The highest BCUT2D eigenvalue weighted by Gasteiger charge is 2.20. The van der Waals surface area contributed by atoms with E-state index in [4.69, 9.17) is 0 Å². The summed E-state index contributed by atoms with van der Waals surface area (Å²) in [6.45, 7) is 5.86. The molecule has 30 heavy (non-hydrogen) atoms. The van der Waals surface area contributed by atoms with E-state index in [1.165, 1.54) is 11.3 Å². The van der Waals surface area contributed by atoms with Crippen molar-refractivity contribution < 1.29 is 0 Å². The van der Waals surface area contributed by atoms with Crippen molar-refractivity contribution in [3.05, 3.63) is 72.1 Å². The van der Waals surface area contributed by atoms with Gasteiger partial charge in [-0.15, -0.1) is 0 Å². The molecular formula is C24H32N6. The molecule has 2 N–H and O–H groups in total. The topological polar surface area (TPSA) is 55.8 Å². The van der Waals surface area contributed by atoms with Crippen molar-refractivity contribution in [2.45, 2.75) is 32.0 Å². The van der Waals surface area contributed by atoms with E-state index >= 15 is 0 Å². The highest BCUT2D eigenvalue weighted by molar-refractivity contribution is 5.80. The summed E-state index contributed by atoms with van der Waals surface area (Å²) in [5, 5.41) is 7.09. The number of likely N-dealkylation sites (tertiary alicyclic amines) is 1. The third-order valence-corrected chi connectivity index (χ3v) is 5.82. The van der Waals surface area contributed by atoms with Crippen LogP contribution in [0.4, 0.5) is 5.69 Å². The fourth-order valence-electron chi connectivity index (χ4n) is 4.08. The Hall–Kier alpha value is -2.86. The van der Waals surface area contributed by atoms with Gasteiger partial charge in [0.1, 0.15) is 0 Å². The Morgan fingerprint density at radius 2 is 1.93 bits per heavy atom. The Morgan fingerprint density at radius 3 is 2.67 bits per heavy atom. The Bertz CT molecular complexity index is 847. The average molecular weight is 405 g/mol. The molecule has 0 unspecified atom stereocenters. The predicted octanol–water partition coefficient (Wildman–Crippen LogP) is 2.79. The molecule has 2 aromatic rings. The van der Waals surface area contributed by atoms with Gasteiger partial charge in [-0.3, -0.25) is 14.9 Å². The molecule has 0 aliphatic carbocycles. The molecular weight excluding hydrogens is 372 g/mol. The van der Waals surface area contributed by atoms with Crippen LogP contribution in [0.5, 0.6) is 0 Å². The third-order valence-electron chi connectivity index (χ3n) is 5.82. The number of aromatic nitrogens is 1. The summed E-state index contributed by atoms with van der Waals surface area (Å²) in [5.74, 6) is 0.881. The second-order valence-corrected chi connectivity index (χ2v) is 7.99. The maximum absolute atomic E-state index is 4.45. The maximum atomic E-state index is 4.45. The normalized spacial score (nSPS) is 18.0. The fourth-order valence-corrected chi connectivity index (χ4v) is 4.08. The van der Waals surface area contributed by atoms with Gasteiger partial charge >= 0.3 is 0 Å². The molecule has 0 saturated carbocycles. The summed E-state index contributed by atoms with van der Waals surface area (Å²) < 4.78 is 0. The summed E-state index contributed by atoms with van der Waals surface area (Å²) in [5.41, 5.74) is 3.70. The molecule has 6 heteroatoms. The molecule has 0 spiro atoms. The lowest BCUT2D eigenvalue weighted by Crippen LogP contribution is -2.48. The van der Waals surface area contributed by atoms with E-state index < -0.39 is 0 Å². The Balaban J connectivity index is 1.22. The lowest BCUT2D eigenvalue weighted by atomic mass is 10.0. The van der Waals surface area contributed by atoms with Crippen molar-refractivity contribution >= 4 is 11.6 Å². The molecule has 2 aliphatic heterocycles. The minimum atomic E-state index is 0.457. The first kappa shape index (κ1) is 20.4. The number of hydrogen-bond acceptors (Lipinski definition) is 4. The summed E-state index contributed by atoms with van der Waals surface area (Å²) in [6.07, 6.45) is 8.55. The van der Waals surface area contributed by atoms with Crippen molar-refractivity contribution in [2.24, 2.45) is 4.99 Å². The van der Waals surface area contributed by atoms with Crippen LogP contribution >= 0.6 is 0 Å². The second kappa shape index (κ2) is 10.3. The summed E-state index contributed by atoms with van der Waals surface area (Å²) in [4.78, 5) is 13.7. The summed E-state index contributed by atoms with van der Waals surface area (Å²) in [6, 6.07) is 15.3. The van der Waals surface area contributed by atoms with Crippen molar-refractivity contribution in [2.75, 3.05) is 38.1 Å². The van der Waals surface area contributed by atoms with Gasteiger partial charge in [0.2, 0.25) is 0 Å². The zero-order valence-electron chi connectivity index (χ0n) is 17.8. The molecule has 1 fully saturated rings. The minimum absolute atomic E-state index is 0.457. The van der Waals surface area contributed by atoms with E-state index in [2.05, 4.69) is 79.0 Å². The van der Waals surface area contributed by atoms with Gasteiger partial charge in [0.05, 0.1) is 5.69 Å². The SMILES string of the molecule is CN=C(NCc1cccc(N2CC=CC2)c1)NC1CCN(Cc2ccccn2)CC1. The van der Waals surface area contributed by atoms with E-state index in [1.807, 2.05) is 19.3 Å². The number of guanidine groups is 1. The number of nitrogens with one attached hydrogen (secondary N) is 2. The molecule has 1 aromatic heterocycles. The summed E-state index contributed by atoms with van der Waals surface area (Å²) in [7, 11) is 1.85. The Morgan fingerprint density at radius 1 is 1.10 bits per heavy atom. The standard InChI is InChI=1S/C24H32N6/c1-25-24(27-18-20-7-6-9-23(17-20)30-13-4-5-14-30)28-21-10-15-29(16-11-21)19-22-8-2-3-12-26-22/h2-9,12,17,21H,10-11,13-16,18-19H2,1H3,(H2,25,27,28). The number of hydrogen-bond donors (Lipinski definition) is 2. The number of anilines is 1. The molecule has 3 heterocycles. The van der Waals surface area contributed by atoms with Gasteiger partial charge in [-0.05, 0) is 42.7 Å². The first-order chi connectivity index (χ1) is 14.8. The van der Waals surface area contributed by atoms with Crippen LogP contribution in [0.1, 0.15) is 24.1 Å². The van der Waals surface area contributed by atoms with Crippen LogP contribution in [0.3, 0.4) is 0 Å². The largest absolute Gasteiger partial charge is 0.364 e. The molecule has 158 valence electrons. The van der Waals surface area contributed by atoms with Crippen molar-refractivity contribution in [3.63, 3.8) is 0 Å². The van der Waals surface area contributed by atoms with Crippen LogP contribution in [0.15, 0.2) is 65.8 Å². The van der Waals surface area contributed by atoms with E-state index in [9.17, 15) is 0 Å². The van der Waals surface area contributed by atoms with Gasteiger partial charge < -0.3 is 15.5 Å². The second-order valence-electron chi connectivity index (χ2n) is 7.99. The number of aliphatic imine (C=N–C) groups is 1. The van der Waals surface area contributed by atoms with Gasteiger partial charge in [-0.2, -0.15) is 0 Å². The Kier molecular flexibility index (Phi) is 6.98. The van der Waals surface area contributed by atoms with Crippen molar-refractivity contribution in [1.82, 2.24) is 20.5 Å². The van der Waals surface area contributed by atoms with Gasteiger partial charge in [-0.25, -0.2) is 0 Å². The molecule has 0 atom stereocenters. The van der Waals surface area contributed by atoms with Crippen LogP contribution in [-0.4, -0.2) is 55.1 Å². The molecule has 0 amide bonds. The third kappa shape index (κ3) is 5.60. The number of benzene rings is 1. The zero-order valence-corrected chi connectivity index (χ0v) is 17.8. The molecule has 2 aliphatic rings. The van der Waals surface area contributed by atoms with Crippen LogP contribution in [-0.2, 0) is 13.1 Å². The average Bonchev–Trinajstić information content (AvgIpc) is 3.34. The van der Waals surface area contributed by atoms with Crippen LogP contribution in [0.25, 0.3) is 0 Å². The van der Waals surface area contributed by atoms with E-state index in [-0.39, 0.29) is 0 Å². The molecule has 4 rings (SSSR count). The van der Waals surface area contributed by atoms with Gasteiger partial charge in [0, 0.05) is 64.2 Å². The minimum Gasteiger partial charge on any atom is -0.364 e. The van der Waals surface area contributed by atoms with Crippen molar-refractivity contribution in [3.8, 4) is 0 Å². The van der Waals surface area contributed by atoms with Gasteiger partial charge in [0.15, 0.2) is 5.96 Å². The van der Waals surface area contributed by atoms with Crippen molar-refractivity contribution in [1.29, 1.82) is 0 Å².